The highest BCUT2D eigenvalue weighted by molar-refractivity contribution is 5.53. The smallest absolute Gasteiger partial charge is 0.0713 e. The number of pyridine rings is 1. The van der Waals surface area contributed by atoms with Crippen molar-refractivity contribution in [2.24, 2.45) is 0 Å². The SMILES string of the molecule is OC1(Cc2cnn3ccccc23)CCNCC1. The van der Waals surface area contributed by atoms with Gasteiger partial charge < -0.3 is 10.4 Å². The Kier molecular flexibility index (Phi) is 2.61. The largest absolute Gasteiger partial charge is 0.389 e. The molecule has 3 rings (SSSR count). The molecule has 2 N–H and O–H groups in total. The van der Waals surface area contributed by atoms with Gasteiger partial charge >= 0.3 is 0 Å². The molecule has 0 radical (unpaired) electrons. The molecule has 3 heterocycles. The normalized spacial score (nSPS) is 19.6. The van der Waals surface area contributed by atoms with Crippen molar-refractivity contribution < 1.29 is 5.11 Å². The number of piperidine rings is 1. The average Bonchev–Trinajstić information content (AvgIpc) is 2.73. The molecular weight excluding hydrogens is 214 g/mol. The van der Waals surface area contributed by atoms with E-state index in [4.69, 9.17) is 0 Å². The molecule has 0 aromatic carbocycles. The molecule has 90 valence electrons. The van der Waals surface area contributed by atoms with Gasteiger partial charge in [0.05, 0.1) is 17.3 Å². The van der Waals surface area contributed by atoms with Gasteiger partial charge in [-0.05, 0) is 38.1 Å². The van der Waals surface area contributed by atoms with E-state index in [0.717, 1.165) is 37.0 Å². The molecule has 0 atom stereocenters. The van der Waals surface area contributed by atoms with Gasteiger partial charge in [0, 0.05) is 18.2 Å². The third-order valence-corrected chi connectivity index (χ3v) is 3.56. The fraction of sp³-hybridized carbons (Fsp3) is 0.462. The first-order valence-corrected chi connectivity index (χ1v) is 6.11. The molecular formula is C13H17N3O. The van der Waals surface area contributed by atoms with Crippen molar-refractivity contribution in [3.8, 4) is 0 Å². The Morgan fingerprint density at radius 2 is 2.18 bits per heavy atom. The maximum atomic E-state index is 10.5. The number of aromatic nitrogens is 2. The Bertz CT molecular complexity index is 514. The van der Waals surface area contributed by atoms with Crippen LogP contribution in [0.2, 0.25) is 0 Å². The molecule has 2 aromatic rings. The van der Waals surface area contributed by atoms with Crippen LogP contribution in [0.4, 0.5) is 0 Å². The van der Waals surface area contributed by atoms with Crippen LogP contribution in [0.1, 0.15) is 18.4 Å². The van der Waals surface area contributed by atoms with E-state index in [9.17, 15) is 5.11 Å². The quantitative estimate of drug-likeness (QED) is 0.810. The van der Waals surface area contributed by atoms with Crippen molar-refractivity contribution >= 4 is 5.52 Å². The molecule has 0 saturated carbocycles. The molecule has 0 bridgehead atoms. The van der Waals surface area contributed by atoms with Gasteiger partial charge in [-0.25, -0.2) is 4.52 Å². The van der Waals surface area contributed by atoms with Crippen molar-refractivity contribution in [2.45, 2.75) is 24.9 Å². The number of hydrogen-bond acceptors (Lipinski definition) is 3. The van der Waals surface area contributed by atoms with E-state index in [1.54, 1.807) is 0 Å². The minimum absolute atomic E-state index is 0.565. The zero-order chi connectivity index (χ0) is 11.7. The van der Waals surface area contributed by atoms with Gasteiger partial charge in [0.25, 0.3) is 0 Å². The Balaban J connectivity index is 1.89. The predicted octanol–water partition coefficient (Wildman–Crippen LogP) is 0.991. The molecule has 1 saturated heterocycles. The monoisotopic (exact) mass is 231 g/mol. The number of hydrogen-bond donors (Lipinski definition) is 2. The summed E-state index contributed by atoms with van der Waals surface area (Å²) in [7, 11) is 0. The average molecular weight is 231 g/mol. The lowest BCUT2D eigenvalue weighted by Gasteiger charge is -2.32. The van der Waals surface area contributed by atoms with E-state index in [1.807, 2.05) is 35.1 Å². The molecule has 4 nitrogen and oxygen atoms in total. The predicted molar refractivity (Wildman–Crippen MR) is 65.9 cm³/mol. The lowest BCUT2D eigenvalue weighted by Crippen LogP contribution is -2.43. The highest BCUT2D eigenvalue weighted by Gasteiger charge is 2.30. The topological polar surface area (TPSA) is 49.6 Å². The lowest BCUT2D eigenvalue weighted by atomic mass is 9.86. The second kappa shape index (κ2) is 4.13. The van der Waals surface area contributed by atoms with E-state index < -0.39 is 5.60 Å². The van der Waals surface area contributed by atoms with Gasteiger partial charge in [0.1, 0.15) is 0 Å². The van der Waals surface area contributed by atoms with Crippen LogP contribution in [-0.2, 0) is 6.42 Å². The zero-order valence-electron chi connectivity index (χ0n) is 9.76. The van der Waals surface area contributed by atoms with Gasteiger partial charge in [-0.1, -0.05) is 6.07 Å². The van der Waals surface area contributed by atoms with Crippen molar-refractivity contribution in [3.05, 3.63) is 36.2 Å². The number of nitrogens with zero attached hydrogens (tertiary/aromatic N) is 2. The molecule has 17 heavy (non-hydrogen) atoms. The van der Waals surface area contributed by atoms with Crippen LogP contribution in [0, 0.1) is 0 Å². The van der Waals surface area contributed by atoms with Gasteiger partial charge in [-0.15, -0.1) is 0 Å². The van der Waals surface area contributed by atoms with Crippen molar-refractivity contribution in [1.82, 2.24) is 14.9 Å². The molecule has 1 aliphatic heterocycles. The molecule has 1 fully saturated rings. The van der Waals surface area contributed by atoms with Crippen LogP contribution in [0.25, 0.3) is 5.52 Å². The van der Waals surface area contributed by atoms with Crippen LogP contribution < -0.4 is 5.32 Å². The first-order chi connectivity index (χ1) is 8.27. The number of nitrogens with one attached hydrogen (secondary N) is 1. The Morgan fingerprint density at radius 1 is 1.35 bits per heavy atom. The molecule has 2 aromatic heterocycles. The maximum absolute atomic E-state index is 10.5. The minimum Gasteiger partial charge on any atom is -0.389 e. The zero-order valence-corrected chi connectivity index (χ0v) is 9.76. The number of fused-ring (bicyclic) bond motifs is 1. The first kappa shape index (κ1) is 10.7. The van der Waals surface area contributed by atoms with Crippen molar-refractivity contribution in [1.29, 1.82) is 0 Å². The molecule has 0 spiro atoms. The van der Waals surface area contributed by atoms with Gasteiger partial charge in [0.15, 0.2) is 0 Å². The van der Waals surface area contributed by atoms with E-state index in [-0.39, 0.29) is 0 Å². The summed E-state index contributed by atoms with van der Waals surface area (Å²) >= 11 is 0. The Labute approximate surface area is 100 Å². The second-order valence-electron chi connectivity index (χ2n) is 4.85. The summed E-state index contributed by atoms with van der Waals surface area (Å²) in [5.74, 6) is 0. The molecule has 4 heteroatoms. The Hall–Kier alpha value is -1.39. The summed E-state index contributed by atoms with van der Waals surface area (Å²) in [6.45, 7) is 1.80. The summed E-state index contributed by atoms with van der Waals surface area (Å²) in [5, 5.41) is 18.1. The van der Waals surface area contributed by atoms with E-state index in [0.29, 0.717) is 6.42 Å². The second-order valence-corrected chi connectivity index (χ2v) is 4.85. The van der Waals surface area contributed by atoms with E-state index in [1.165, 1.54) is 0 Å². The molecule has 0 unspecified atom stereocenters. The van der Waals surface area contributed by atoms with E-state index >= 15 is 0 Å². The maximum Gasteiger partial charge on any atom is 0.0713 e. The highest BCUT2D eigenvalue weighted by atomic mass is 16.3. The van der Waals surface area contributed by atoms with Gasteiger partial charge in [-0.2, -0.15) is 5.10 Å². The van der Waals surface area contributed by atoms with E-state index in [2.05, 4.69) is 10.4 Å². The van der Waals surface area contributed by atoms with Crippen molar-refractivity contribution in [3.63, 3.8) is 0 Å². The number of aliphatic hydroxyl groups is 1. The highest BCUT2D eigenvalue weighted by Crippen LogP contribution is 2.25. The third-order valence-electron chi connectivity index (χ3n) is 3.56. The van der Waals surface area contributed by atoms with Crippen LogP contribution in [-0.4, -0.2) is 33.4 Å². The molecule has 0 aliphatic carbocycles. The standard InChI is InChI=1S/C13H17N3O/c17-13(4-6-14-7-5-13)9-11-10-15-16-8-2-1-3-12(11)16/h1-3,8,10,14,17H,4-7,9H2. The summed E-state index contributed by atoms with van der Waals surface area (Å²) < 4.78 is 1.86. The van der Waals surface area contributed by atoms with Gasteiger partial charge in [0.2, 0.25) is 0 Å². The van der Waals surface area contributed by atoms with Crippen LogP contribution in [0.5, 0.6) is 0 Å². The van der Waals surface area contributed by atoms with Crippen LogP contribution in [0.15, 0.2) is 30.6 Å². The molecule has 1 aliphatic rings. The minimum atomic E-state index is -0.565. The fourth-order valence-corrected chi connectivity index (χ4v) is 2.55. The third kappa shape index (κ3) is 2.06. The summed E-state index contributed by atoms with van der Waals surface area (Å²) in [5.41, 5.74) is 1.67. The summed E-state index contributed by atoms with van der Waals surface area (Å²) in [6.07, 6.45) is 6.14. The summed E-state index contributed by atoms with van der Waals surface area (Å²) in [6, 6.07) is 6.02. The van der Waals surface area contributed by atoms with Crippen LogP contribution in [0.3, 0.4) is 0 Å². The lowest BCUT2D eigenvalue weighted by molar-refractivity contribution is 0.0111. The molecule has 0 amide bonds. The van der Waals surface area contributed by atoms with Gasteiger partial charge in [-0.3, -0.25) is 0 Å². The first-order valence-electron chi connectivity index (χ1n) is 6.11. The number of rotatable bonds is 2. The van der Waals surface area contributed by atoms with Crippen LogP contribution >= 0.6 is 0 Å². The fourth-order valence-electron chi connectivity index (χ4n) is 2.55. The van der Waals surface area contributed by atoms with Crippen molar-refractivity contribution in [2.75, 3.05) is 13.1 Å². The summed E-state index contributed by atoms with van der Waals surface area (Å²) in [4.78, 5) is 0. The Morgan fingerprint density at radius 3 is 3.00 bits per heavy atom.